The minimum Gasteiger partial charge on any atom is -0.299 e. The van der Waals surface area contributed by atoms with Gasteiger partial charge in [0.25, 0.3) is 0 Å². The van der Waals surface area contributed by atoms with E-state index in [0.29, 0.717) is 0 Å². The highest BCUT2D eigenvalue weighted by molar-refractivity contribution is 5.33. The predicted molar refractivity (Wildman–Crippen MR) is 60.8 cm³/mol. The topological polar surface area (TPSA) is 12.0 Å². The van der Waals surface area contributed by atoms with Crippen molar-refractivity contribution < 1.29 is 13.2 Å². The summed E-state index contributed by atoms with van der Waals surface area (Å²) >= 11 is 0. The van der Waals surface area contributed by atoms with Crippen molar-refractivity contribution in [3.8, 4) is 0 Å². The molecule has 0 heterocycles. The first kappa shape index (κ1) is 12.4. The van der Waals surface area contributed by atoms with Crippen molar-refractivity contribution in [1.29, 1.82) is 0 Å². The lowest BCUT2D eigenvalue weighted by molar-refractivity contribution is -0.166. The third-order valence-electron chi connectivity index (χ3n) is 3.63. The number of hydrogen-bond donors (Lipinski definition) is 1. The van der Waals surface area contributed by atoms with Crippen LogP contribution in [0.1, 0.15) is 29.5 Å². The summed E-state index contributed by atoms with van der Waals surface area (Å²) < 4.78 is 38.1. The Bertz CT molecular complexity index is 419. The van der Waals surface area contributed by atoms with Gasteiger partial charge in [-0.1, -0.05) is 18.2 Å². The average Bonchev–Trinajstić information content (AvgIpc) is 3.00. The van der Waals surface area contributed by atoms with Crippen LogP contribution in [0.4, 0.5) is 13.2 Å². The maximum atomic E-state index is 12.7. The monoisotopic (exact) mass is 243 g/mol. The first-order valence-corrected chi connectivity index (χ1v) is 5.73. The first-order valence-electron chi connectivity index (χ1n) is 5.73. The summed E-state index contributed by atoms with van der Waals surface area (Å²) in [6.45, 7) is 4.20. The molecule has 4 heteroatoms. The van der Waals surface area contributed by atoms with Crippen molar-refractivity contribution in [2.75, 3.05) is 0 Å². The van der Waals surface area contributed by atoms with E-state index < -0.39 is 11.7 Å². The highest BCUT2D eigenvalue weighted by atomic mass is 19.4. The molecule has 0 aromatic heterocycles. The molecule has 0 atom stereocenters. The molecule has 0 bridgehead atoms. The van der Waals surface area contributed by atoms with Gasteiger partial charge in [-0.05, 0) is 43.4 Å². The second-order valence-corrected chi connectivity index (χ2v) is 4.79. The number of hydrogen-bond acceptors (Lipinski definition) is 1. The number of aryl methyl sites for hydroxylation is 1. The van der Waals surface area contributed by atoms with E-state index in [1.807, 2.05) is 32.0 Å². The Morgan fingerprint density at radius 3 is 2.41 bits per heavy atom. The Labute approximate surface area is 99.0 Å². The van der Waals surface area contributed by atoms with Gasteiger partial charge >= 0.3 is 6.18 Å². The standard InChI is InChI=1S/C13H16F3N/c1-9-4-3-5-11(10(9)2)8-17-12(6-7-12)13(14,15)16/h3-5,17H,6-8H2,1-2H3. The fourth-order valence-corrected chi connectivity index (χ4v) is 1.95. The van der Waals surface area contributed by atoms with Crippen LogP contribution in [0.15, 0.2) is 18.2 Å². The van der Waals surface area contributed by atoms with Crippen LogP contribution in [-0.2, 0) is 6.54 Å². The molecule has 0 spiro atoms. The van der Waals surface area contributed by atoms with Crippen molar-refractivity contribution in [1.82, 2.24) is 5.32 Å². The first-order chi connectivity index (χ1) is 7.86. The second-order valence-electron chi connectivity index (χ2n) is 4.79. The molecule has 1 aromatic carbocycles. The molecule has 1 fully saturated rings. The maximum Gasteiger partial charge on any atom is 0.406 e. The second kappa shape index (κ2) is 4.02. The quantitative estimate of drug-likeness (QED) is 0.857. The zero-order valence-corrected chi connectivity index (χ0v) is 9.99. The van der Waals surface area contributed by atoms with Crippen molar-refractivity contribution in [2.24, 2.45) is 0 Å². The van der Waals surface area contributed by atoms with Crippen LogP contribution in [0.25, 0.3) is 0 Å². The Balaban J connectivity index is 2.06. The largest absolute Gasteiger partial charge is 0.406 e. The molecule has 94 valence electrons. The van der Waals surface area contributed by atoms with Gasteiger partial charge in [0.05, 0.1) is 0 Å². The average molecular weight is 243 g/mol. The number of halogens is 3. The van der Waals surface area contributed by atoms with Crippen LogP contribution in [0.3, 0.4) is 0 Å². The van der Waals surface area contributed by atoms with E-state index >= 15 is 0 Å². The zero-order chi connectivity index (χ0) is 12.7. The van der Waals surface area contributed by atoms with Gasteiger partial charge < -0.3 is 0 Å². The normalized spacial score (nSPS) is 18.2. The molecular weight excluding hydrogens is 227 g/mol. The van der Waals surface area contributed by atoms with Crippen molar-refractivity contribution >= 4 is 0 Å². The molecular formula is C13H16F3N. The van der Waals surface area contributed by atoms with E-state index in [4.69, 9.17) is 0 Å². The lowest BCUT2D eigenvalue weighted by Crippen LogP contribution is -2.44. The molecule has 17 heavy (non-hydrogen) atoms. The molecule has 0 amide bonds. The Hall–Kier alpha value is -1.03. The van der Waals surface area contributed by atoms with Gasteiger partial charge in [-0.25, -0.2) is 0 Å². The molecule has 0 aliphatic heterocycles. The molecule has 2 rings (SSSR count). The summed E-state index contributed by atoms with van der Waals surface area (Å²) in [4.78, 5) is 0. The van der Waals surface area contributed by atoms with E-state index in [2.05, 4.69) is 5.32 Å². The number of rotatable bonds is 3. The molecule has 1 aliphatic rings. The molecule has 1 saturated carbocycles. The molecule has 1 aromatic rings. The van der Waals surface area contributed by atoms with Gasteiger partial charge in [0, 0.05) is 6.54 Å². The van der Waals surface area contributed by atoms with Crippen LogP contribution in [0.5, 0.6) is 0 Å². The van der Waals surface area contributed by atoms with E-state index in [0.717, 1.165) is 16.7 Å². The SMILES string of the molecule is Cc1cccc(CNC2(C(F)(F)F)CC2)c1C. The summed E-state index contributed by atoms with van der Waals surface area (Å²) in [6, 6.07) is 5.73. The fourth-order valence-electron chi connectivity index (χ4n) is 1.95. The third kappa shape index (κ3) is 2.32. The molecule has 0 unspecified atom stereocenters. The molecule has 1 aliphatic carbocycles. The smallest absolute Gasteiger partial charge is 0.299 e. The lowest BCUT2D eigenvalue weighted by atomic mass is 10.0. The lowest BCUT2D eigenvalue weighted by Gasteiger charge is -2.21. The minimum absolute atomic E-state index is 0.196. The van der Waals surface area contributed by atoms with Gasteiger partial charge in [0.1, 0.15) is 5.54 Å². The minimum atomic E-state index is -4.13. The van der Waals surface area contributed by atoms with Crippen LogP contribution < -0.4 is 5.32 Å². The van der Waals surface area contributed by atoms with Gasteiger partial charge in [-0.15, -0.1) is 0 Å². The van der Waals surface area contributed by atoms with E-state index in [1.165, 1.54) is 0 Å². The van der Waals surface area contributed by atoms with Gasteiger partial charge in [0.15, 0.2) is 0 Å². The number of benzene rings is 1. The third-order valence-corrected chi connectivity index (χ3v) is 3.63. The molecule has 1 N–H and O–H groups in total. The highest BCUT2D eigenvalue weighted by Gasteiger charge is 2.62. The summed E-state index contributed by atoms with van der Waals surface area (Å²) in [5.74, 6) is 0. The molecule has 0 radical (unpaired) electrons. The maximum absolute atomic E-state index is 12.7. The van der Waals surface area contributed by atoms with Gasteiger partial charge in [0.2, 0.25) is 0 Å². The summed E-state index contributed by atoms with van der Waals surface area (Å²) in [5, 5.41) is 2.67. The Kier molecular flexibility index (Phi) is 2.94. The van der Waals surface area contributed by atoms with Crippen molar-refractivity contribution in [2.45, 2.75) is 44.9 Å². The van der Waals surface area contributed by atoms with Crippen molar-refractivity contribution in [3.63, 3.8) is 0 Å². The van der Waals surface area contributed by atoms with E-state index in [-0.39, 0.29) is 19.4 Å². The zero-order valence-electron chi connectivity index (χ0n) is 9.99. The predicted octanol–water partition coefficient (Wildman–Crippen LogP) is 3.49. The number of alkyl halides is 3. The summed E-state index contributed by atoms with van der Waals surface area (Å²) in [6.07, 6.45) is -3.74. The Morgan fingerprint density at radius 2 is 1.88 bits per heavy atom. The molecule has 1 nitrogen and oxygen atoms in total. The summed E-state index contributed by atoms with van der Waals surface area (Å²) in [5.41, 5.74) is 1.50. The van der Waals surface area contributed by atoms with Crippen LogP contribution in [-0.4, -0.2) is 11.7 Å². The van der Waals surface area contributed by atoms with Gasteiger partial charge in [-0.3, -0.25) is 5.32 Å². The number of nitrogens with one attached hydrogen (secondary N) is 1. The molecule has 0 saturated heterocycles. The van der Waals surface area contributed by atoms with E-state index in [9.17, 15) is 13.2 Å². The van der Waals surface area contributed by atoms with Gasteiger partial charge in [-0.2, -0.15) is 13.2 Å². The van der Waals surface area contributed by atoms with Crippen LogP contribution in [0, 0.1) is 13.8 Å². The highest BCUT2D eigenvalue weighted by Crippen LogP contribution is 2.49. The summed E-state index contributed by atoms with van der Waals surface area (Å²) in [7, 11) is 0. The van der Waals surface area contributed by atoms with Crippen LogP contribution in [0.2, 0.25) is 0 Å². The Morgan fingerprint density at radius 1 is 1.24 bits per heavy atom. The fraction of sp³-hybridized carbons (Fsp3) is 0.538. The van der Waals surface area contributed by atoms with Crippen molar-refractivity contribution in [3.05, 3.63) is 34.9 Å². The van der Waals surface area contributed by atoms with Crippen LogP contribution >= 0.6 is 0 Å². The van der Waals surface area contributed by atoms with E-state index in [1.54, 1.807) is 0 Å².